The largest absolute Gasteiger partial charge is 0.303 e. The summed E-state index contributed by atoms with van der Waals surface area (Å²) in [7, 11) is 0. The molecular weight excluding hydrogens is 142 g/mol. The molecule has 2 atom stereocenters. The van der Waals surface area contributed by atoms with Crippen molar-refractivity contribution in [1.82, 2.24) is 0 Å². The minimum absolute atomic E-state index is 1.00. The highest BCUT2D eigenvalue weighted by atomic mass is 32.2. The third-order valence-corrected chi connectivity index (χ3v) is 0.899. The molecule has 0 heterocycles. The molecule has 0 aliphatic rings. The number of nitriles is 1. The van der Waals surface area contributed by atoms with Gasteiger partial charge in [-0.3, -0.25) is 4.55 Å². The average Bonchev–Trinajstić information content (AvgIpc) is 1.82. The van der Waals surface area contributed by atoms with Gasteiger partial charge in [-0.15, -0.1) is 0 Å². The van der Waals surface area contributed by atoms with Crippen LogP contribution in [0.5, 0.6) is 0 Å². The van der Waals surface area contributed by atoms with Gasteiger partial charge in [0.25, 0.3) is 0 Å². The summed E-state index contributed by atoms with van der Waals surface area (Å²) in [5, 5.41) is 8.08. The zero-order valence-corrected chi connectivity index (χ0v) is 5.30. The SMILES string of the molecule is C=CC(C#N)OS(=O)O. The Balaban J connectivity index is 3.73. The van der Waals surface area contributed by atoms with Crippen LogP contribution < -0.4 is 0 Å². The van der Waals surface area contributed by atoms with E-state index < -0.39 is 17.5 Å². The second-order valence-electron chi connectivity index (χ2n) is 1.10. The molecule has 0 bridgehead atoms. The lowest BCUT2D eigenvalue weighted by Crippen LogP contribution is -2.07. The van der Waals surface area contributed by atoms with Gasteiger partial charge in [-0.05, 0) is 6.08 Å². The first-order valence-electron chi connectivity index (χ1n) is 2.01. The summed E-state index contributed by atoms with van der Waals surface area (Å²) in [4.78, 5) is 0. The van der Waals surface area contributed by atoms with Gasteiger partial charge in [0, 0.05) is 0 Å². The maximum absolute atomic E-state index is 9.82. The fourth-order valence-electron chi connectivity index (χ4n) is 0.202. The molecule has 0 fully saturated rings. The van der Waals surface area contributed by atoms with Crippen molar-refractivity contribution >= 4 is 11.4 Å². The van der Waals surface area contributed by atoms with E-state index in [2.05, 4.69) is 10.8 Å². The van der Waals surface area contributed by atoms with Crippen molar-refractivity contribution in [2.24, 2.45) is 0 Å². The smallest absolute Gasteiger partial charge is 0.284 e. The van der Waals surface area contributed by atoms with E-state index >= 15 is 0 Å². The van der Waals surface area contributed by atoms with Crippen molar-refractivity contribution < 1.29 is 12.9 Å². The minimum Gasteiger partial charge on any atom is -0.284 e. The van der Waals surface area contributed by atoms with E-state index in [1.807, 2.05) is 0 Å². The predicted molar refractivity (Wildman–Crippen MR) is 31.5 cm³/mol. The molecule has 5 heteroatoms. The lowest BCUT2D eigenvalue weighted by Gasteiger charge is -1.96. The Bertz CT molecular complexity index is 162. The maximum Gasteiger partial charge on any atom is 0.303 e. The van der Waals surface area contributed by atoms with Crippen LogP contribution in [0.15, 0.2) is 12.7 Å². The van der Waals surface area contributed by atoms with Crippen LogP contribution in [0.25, 0.3) is 0 Å². The van der Waals surface area contributed by atoms with Gasteiger partial charge < -0.3 is 0 Å². The summed E-state index contributed by atoms with van der Waals surface area (Å²) < 4.78 is 22.0. The van der Waals surface area contributed by atoms with Crippen molar-refractivity contribution in [1.29, 1.82) is 5.26 Å². The van der Waals surface area contributed by atoms with Crippen LogP contribution in [0.4, 0.5) is 0 Å². The van der Waals surface area contributed by atoms with Crippen LogP contribution in [0.3, 0.4) is 0 Å². The molecular formula is C4H5NO3S. The maximum atomic E-state index is 9.82. The van der Waals surface area contributed by atoms with Crippen LogP contribution in [-0.2, 0) is 15.5 Å². The van der Waals surface area contributed by atoms with Crippen LogP contribution in [0, 0.1) is 11.3 Å². The van der Waals surface area contributed by atoms with Crippen molar-refractivity contribution in [3.8, 4) is 6.07 Å². The number of hydrogen-bond donors (Lipinski definition) is 1. The standard InChI is InChI=1S/C4H5NO3S/c1-2-4(3-5)8-9(6)7/h2,4H,1H2,(H,6,7). The molecule has 0 aromatic heterocycles. The monoisotopic (exact) mass is 147 g/mol. The number of rotatable bonds is 3. The van der Waals surface area contributed by atoms with Gasteiger partial charge >= 0.3 is 11.4 Å². The Morgan fingerprint density at radius 1 is 2.00 bits per heavy atom. The average molecular weight is 147 g/mol. The molecule has 0 aliphatic carbocycles. The van der Waals surface area contributed by atoms with Gasteiger partial charge in [0.15, 0.2) is 6.10 Å². The van der Waals surface area contributed by atoms with Crippen LogP contribution in [0.1, 0.15) is 0 Å². The quantitative estimate of drug-likeness (QED) is 0.458. The van der Waals surface area contributed by atoms with E-state index in [0.29, 0.717) is 0 Å². The molecule has 0 spiro atoms. The third-order valence-electron chi connectivity index (χ3n) is 0.527. The van der Waals surface area contributed by atoms with E-state index in [4.69, 9.17) is 9.81 Å². The fourth-order valence-corrected chi connectivity index (χ4v) is 0.501. The van der Waals surface area contributed by atoms with Crippen LogP contribution in [-0.4, -0.2) is 14.9 Å². The Morgan fingerprint density at radius 3 is 2.67 bits per heavy atom. The van der Waals surface area contributed by atoms with E-state index in [9.17, 15) is 4.21 Å². The highest BCUT2D eigenvalue weighted by Gasteiger charge is 2.03. The molecule has 2 unspecified atom stereocenters. The summed E-state index contributed by atoms with van der Waals surface area (Å²) in [6.45, 7) is 3.19. The highest BCUT2D eigenvalue weighted by Crippen LogP contribution is 1.91. The van der Waals surface area contributed by atoms with Crippen molar-refractivity contribution in [2.75, 3.05) is 0 Å². The molecule has 0 saturated carbocycles. The lowest BCUT2D eigenvalue weighted by atomic mass is 10.4. The Morgan fingerprint density at radius 2 is 2.56 bits per heavy atom. The highest BCUT2D eigenvalue weighted by molar-refractivity contribution is 7.74. The molecule has 0 amide bonds. The summed E-state index contributed by atoms with van der Waals surface area (Å²) >= 11 is -2.39. The van der Waals surface area contributed by atoms with E-state index in [1.54, 1.807) is 6.07 Å². The Kier molecular flexibility index (Phi) is 3.88. The zero-order valence-electron chi connectivity index (χ0n) is 4.48. The normalized spacial score (nSPS) is 15.6. The van der Waals surface area contributed by atoms with Gasteiger partial charge in [0.2, 0.25) is 0 Å². The van der Waals surface area contributed by atoms with E-state index in [-0.39, 0.29) is 0 Å². The lowest BCUT2D eigenvalue weighted by molar-refractivity contribution is 0.294. The van der Waals surface area contributed by atoms with Crippen molar-refractivity contribution in [2.45, 2.75) is 6.10 Å². The van der Waals surface area contributed by atoms with Gasteiger partial charge in [-0.1, -0.05) is 6.58 Å². The molecule has 0 saturated heterocycles. The first kappa shape index (κ1) is 8.30. The molecule has 0 aromatic rings. The summed E-state index contributed by atoms with van der Waals surface area (Å²) in [5.41, 5.74) is 0. The van der Waals surface area contributed by atoms with Crippen molar-refractivity contribution in [3.05, 3.63) is 12.7 Å². The molecule has 0 radical (unpaired) electrons. The van der Waals surface area contributed by atoms with Crippen LogP contribution >= 0.6 is 0 Å². The predicted octanol–water partition coefficient (Wildman–Crippen LogP) is 0.218. The van der Waals surface area contributed by atoms with Gasteiger partial charge in [-0.2, -0.15) is 9.47 Å². The number of hydrogen-bond acceptors (Lipinski definition) is 3. The molecule has 0 aromatic carbocycles. The second kappa shape index (κ2) is 4.21. The topological polar surface area (TPSA) is 70.3 Å². The number of nitrogens with zero attached hydrogens (tertiary/aromatic N) is 1. The first-order chi connectivity index (χ1) is 4.20. The summed E-state index contributed by atoms with van der Waals surface area (Å²) in [6, 6.07) is 1.59. The Labute approximate surface area is 55.2 Å². The third kappa shape index (κ3) is 3.85. The zero-order chi connectivity index (χ0) is 7.28. The van der Waals surface area contributed by atoms with E-state index in [0.717, 1.165) is 6.08 Å². The molecule has 4 nitrogen and oxygen atoms in total. The summed E-state index contributed by atoms with van der Waals surface area (Å²) in [5.74, 6) is 0. The summed E-state index contributed by atoms with van der Waals surface area (Å²) in [6.07, 6.45) is 0.129. The van der Waals surface area contributed by atoms with Gasteiger partial charge in [-0.25, -0.2) is 4.18 Å². The first-order valence-corrected chi connectivity index (χ1v) is 3.04. The fraction of sp³-hybridized carbons (Fsp3) is 0.250. The molecule has 50 valence electrons. The van der Waals surface area contributed by atoms with Crippen molar-refractivity contribution in [3.63, 3.8) is 0 Å². The molecule has 1 N–H and O–H groups in total. The van der Waals surface area contributed by atoms with E-state index in [1.165, 1.54) is 0 Å². The second-order valence-corrected chi connectivity index (χ2v) is 1.73. The molecule has 0 aliphatic heterocycles. The van der Waals surface area contributed by atoms with Gasteiger partial charge in [0.05, 0.1) is 0 Å². The minimum atomic E-state index is -2.39. The van der Waals surface area contributed by atoms with Gasteiger partial charge in [0.1, 0.15) is 6.07 Å². The van der Waals surface area contributed by atoms with Crippen LogP contribution in [0.2, 0.25) is 0 Å². The Hall–Kier alpha value is -0.700. The molecule has 0 rings (SSSR count). The molecule has 9 heavy (non-hydrogen) atoms.